The number of nitrogens with zero attached hydrogens (tertiary/aromatic N) is 1. The fourth-order valence-electron chi connectivity index (χ4n) is 5.56. The van der Waals surface area contributed by atoms with Crippen molar-refractivity contribution in [3.63, 3.8) is 0 Å². The first kappa shape index (κ1) is 28.9. The van der Waals surface area contributed by atoms with Gasteiger partial charge in [0.25, 0.3) is 8.32 Å². The zero-order valence-electron chi connectivity index (χ0n) is 23.0. The lowest BCUT2D eigenvalue weighted by Crippen LogP contribution is -2.50. The number of benzene rings is 2. The van der Waals surface area contributed by atoms with Gasteiger partial charge in [-0.05, 0) is 73.7 Å². The third-order valence-electron chi connectivity index (χ3n) is 7.14. The summed E-state index contributed by atoms with van der Waals surface area (Å²) >= 11 is 3.75. The molecular formula is C30H46BrNOSi. The highest BCUT2D eigenvalue weighted by atomic mass is 79.9. The number of hydrogen-bond donors (Lipinski definition) is 0. The molecule has 0 aliphatic rings. The Balaban J connectivity index is 2.71. The Kier molecular flexibility index (Phi) is 10.7. The van der Waals surface area contributed by atoms with Crippen LogP contribution in [0.5, 0.6) is 5.75 Å². The van der Waals surface area contributed by atoms with Crippen molar-refractivity contribution in [3.05, 3.63) is 70.2 Å². The van der Waals surface area contributed by atoms with E-state index in [1.165, 1.54) is 16.7 Å². The predicted octanol–water partition coefficient (Wildman–Crippen LogP) is 9.55. The second-order valence-electron chi connectivity index (χ2n) is 10.9. The number of halogens is 1. The molecule has 0 spiro atoms. The van der Waals surface area contributed by atoms with Crippen molar-refractivity contribution in [2.45, 2.75) is 97.9 Å². The third-order valence-corrected chi connectivity index (χ3v) is 13.6. The van der Waals surface area contributed by atoms with Crippen molar-refractivity contribution in [1.29, 1.82) is 0 Å². The van der Waals surface area contributed by atoms with Crippen molar-refractivity contribution >= 4 is 29.8 Å². The summed E-state index contributed by atoms with van der Waals surface area (Å²) in [7, 11) is -2.10. The van der Waals surface area contributed by atoms with E-state index in [4.69, 9.17) is 4.43 Å². The Hall–Kier alpha value is -1.36. The molecule has 34 heavy (non-hydrogen) atoms. The third kappa shape index (κ3) is 6.64. The molecule has 2 nitrogen and oxygen atoms in total. The quantitative estimate of drug-likeness (QED) is 0.261. The monoisotopic (exact) mass is 543 g/mol. The summed E-state index contributed by atoms with van der Waals surface area (Å²) in [5.74, 6) is 1.02. The van der Waals surface area contributed by atoms with Crippen LogP contribution >= 0.6 is 15.9 Å². The Morgan fingerprint density at radius 2 is 1.35 bits per heavy atom. The molecule has 0 aliphatic heterocycles. The molecule has 0 saturated heterocycles. The van der Waals surface area contributed by atoms with E-state index in [1.807, 2.05) is 0 Å². The zero-order valence-corrected chi connectivity index (χ0v) is 25.6. The standard InChI is InChI=1S/C30H46BrNOSi/c1-21(2)32(22(3)4)19-18-28(26-14-12-11-13-15-26)29-20-27(31)16-17-30(29)33-34(23(5)6,24(7)8)25(9)10/h11-18,20-25H,19H2,1-10H3. The van der Waals surface area contributed by atoms with Crippen LogP contribution in [0.2, 0.25) is 16.6 Å². The molecule has 0 N–H and O–H groups in total. The molecule has 0 atom stereocenters. The molecule has 2 aromatic rings. The average molecular weight is 545 g/mol. The molecule has 4 heteroatoms. The maximum atomic E-state index is 7.24. The van der Waals surface area contributed by atoms with Gasteiger partial charge in [0.1, 0.15) is 5.75 Å². The van der Waals surface area contributed by atoms with Gasteiger partial charge in [0.2, 0.25) is 0 Å². The van der Waals surface area contributed by atoms with Gasteiger partial charge in [0.15, 0.2) is 0 Å². The van der Waals surface area contributed by atoms with E-state index in [-0.39, 0.29) is 0 Å². The first-order chi connectivity index (χ1) is 15.9. The summed E-state index contributed by atoms with van der Waals surface area (Å²) in [5, 5.41) is 0. The Morgan fingerprint density at radius 3 is 1.82 bits per heavy atom. The summed E-state index contributed by atoms with van der Waals surface area (Å²) in [4.78, 5) is 2.52. The van der Waals surface area contributed by atoms with Crippen molar-refractivity contribution in [1.82, 2.24) is 4.90 Å². The van der Waals surface area contributed by atoms with Crippen LogP contribution in [-0.4, -0.2) is 31.8 Å². The molecular weight excluding hydrogens is 498 g/mol. The molecule has 2 aromatic carbocycles. The zero-order chi connectivity index (χ0) is 25.6. The van der Waals surface area contributed by atoms with E-state index in [9.17, 15) is 0 Å². The summed E-state index contributed by atoms with van der Waals surface area (Å²) < 4.78 is 8.32. The van der Waals surface area contributed by atoms with Crippen LogP contribution in [0.25, 0.3) is 5.57 Å². The molecule has 0 fully saturated rings. The van der Waals surface area contributed by atoms with Gasteiger partial charge in [-0.2, -0.15) is 0 Å². The van der Waals surface area contributed by atoms with Crippen LogP contribution in [0, 0.1) is 0 Å². The minimum Gasteiger partial charge on any atom is -0.542 e. The van der Waals surface area contributed by atoms with Crippen LogP contribution in [0.1, 0.15) is 80.4 Å². The molecule has 0 aromatic heterocycles. The maximum absolute atomic E-state index is 7.24. The number of rotatable bonds is 11. The number of hydrogen-bond acceptors (Lipinski definition) is 2. The molecule has 0 heterocycles. The van der Waals surface area contributed by atoms with Crippen LogP contribution in [0.15, 0.2) is 59.1 Å². The molecule has 0 aliphatic carbocycles. The molecule has 0 unspecified atom stereocenters. The molecule has 0 bridgehead atoms. The van der Waals surface area contributed by atoms with Gasteiger partial charge in [0.05, 0.1) is 0 Å². The minimum absolute atomic E-state index is 0.481. The second kappa shape index (κ2) is 12.6. The van der Waals surface area contributed by atoms with Gasteiger partial charge in [-0.15, -0.1) is 0 Å². The van der Waals surface area contributed by atoms with Crippen LogP contribution in [-0.2, 0) is 0 Å². The van der Waals surface area contributed by atoms with Crippen LogP contribution in [0.3, 0.4) is 0 Å². The Morgan fingerprint density at radius 1 is 0.824 bits per heavy atom. The summed E-state index contributed by atoms with van der Waals surface area (Å²) in [5.41, 5.74) is 5.19. The largest absolute Gasteiger partial charge is 0.542 e. The second-order valence-corrected chi connectivity index (χ2v) is 17.2. The van der Waals surface area contributed by atoms with Gasteiger partial charge in [-0.25, -0.2) is 0 Å². The van der Waals surface area contributed by atoms with Gasteiger partial charge in [-0.1, -0.05) is 93.9 Å². The predicted molar refractivity (Wildman–Crippen MR) is 156 cm³/mol. The normalized spacial score (nSPS) is 13.3. The van der Waals surface area contributed by atoms with E-state index in [0.29, 0.717) is 28.7 Å². The lowest BCUT2D eigenvalue weighted by molar-refractivity contribution is 0.196. The highest BCUT2D eigenvalue weighted by Crippen LogP contribution is 2.45. The maximum Gasteiger partial charge on any atom is 0.258 e. The van der Waals surface area contributed by atoms with E-state index in [1.54, 1.807) is 0 Å². The van der Waals surface area contributed by atoms with Crippen molar-refractivity contribution < 1.29 is 4.43 Å². The lowest BCUT2D eigenvalue weighted by Gasteiger charge is -2.42. The van der Waals surface area contributed by atoms with Crippen LogP contribution in [0.4, 0.5) is 0 Å². The van der Waals surface area contributed by atoms with Gasteiger partial charge < -0.3 is 4.43 Å². The van der Waals surface area contributed by atoms with Crippen molar-refractivity contribution in [2.75, 3.05) is 6.54 Å². The van der Waals surface area contributed by atoms with Crippen molar-refractivity contribution in [2.24, 2.45) is 0 Å². The average Bonchev–Trinajstić information content (AvgIpc) is 2.75. The fourth-order valence-corrected chi connectivity index (χ4v) is 11.2. The fraction of sp³-hybridized carbons (Fsp3) is 0.533. The first-order valence-corrected chi connectivity index (χ1v) is 15.8. The van der Waals surface area contributed by atoms with E-state index >= 15 is 0 Å². The van der Waals surface area contributed by atoms with E-state index in [0.717, 1.165) is 16.8 Å². The highest BCUT2D eigenvalue weighted by molar-refractivity contribution is 9.10. The Labute approximate surface area is 219 Å². The minimum atomic E-state index is -2.10. The SMILES string of the molecule is CC(C)N(CC=C(c1ccccc1)c1cc(Br)ccc1O[Si](C(C)C)(C(C)C)C(C)C)C(C)C. The van der Waals surface area contributed by atoms with Crippen molar-refractivity contribution in [3.8, 4) is 5.75 Å². The molecule has 2 rings (SSSR count). The van der Waals surface area contributed by atoms with E-state index < -0.39 is 8.32 Å². The summed E-state index contributed by atoms with van der Waals surface area (Å²) in [6, 6.07) is 18.3. The Bertz CT molecular complexity index is 904. The van der Waals surface area contributed by atoms with E-state index in [2.05, 4.69) is 145 Å². The van der Waals surface area contributed by atoms with Gasteiger partial charge in [-0.3, -0.25) is 4.90 Å². The van der Waals surface area contributed by atoms with Crippen LogP contribution < -0.4 is 4.43 Å². The summed E-state index contributed by atoms with van der Waals surface area (Å²) in [6.07, 6.45) is 2.40. The smallest absolute Gasteiger partial charge is 0.258 e. The van der Waals surface area contributed by atoms with Gasteiger partial charge >= 0.3 is 0 Å². The molecule has 188 valence electrons. The topological polar surface area (TPSA) is 12.5 Å². The molecule has 0 radical (unpaired) electrons. The summed E-state index contributed by atoms with van der Waals surface area (Å²) in [6.45, 7) is 24.1. The first-order valence-electron chi connectivity index (χ1n) is 12.9. The van der Waals surface area contributed by atoms with Gasteiger partial charge in [0, 0.05) is 28.7 Å². The molecule has 0 amide bonds. The highest BCUT2D eigenvalue weighted by Gasteiger charge is 2.47. The lowest BCUT2D eigenvalue weighted by atomic mass is 9.96. The molecule has 0 saturated carbocycles.